The molecule has 0 amide bonds. The SMILES string of the molecule is COC(=O)c1c(N)sc(CN(C)C)c1-c1ccc(Cl)c(Cl)c1. The van der Waals surface area contributed by atoms with Crippen molar-refractivity contribution in [2.24, 2.45) is 0 Å². The fourth-order valence-corrected chi connectivity index (χ4v) is 3.65. The van der Waals surface area contributed by atoms with Crippen LogP contribution in [0.25, 0.3) is 11.1 Å². The summed E-state index contributed by atoms with van der Waals surface area (Å²) in [7, 11) is 5.24. The largest absolute Gasteiger partial charge is 0.465 e. The van der Waals surface area contributed by atoms with E-state index in [-0.39, 0.29) is 0 Å². The Morgan fingerprint density at radius 2 is 2.00 bits per heavy atom. The van der Waals surface area contributed by atoms with Crippen molar-refractivity contribution in [3.05, 3.63) is 38.7 Å². The molecule has 2 N–H and O–H groups in total. The molecule has 0 atom stereocenters. The molecule has 4 nitrogen and oxygen atoms in total. The third-order valence-corrected chi connectivity index (χ3v) is 4.81. The lowest BCUT2D eigenvalue weighted by molar-refractivity contribution is 0.0603. The highest BCUT2D eigenvalue weighted by Gasteiger charge is 2.24. The third kappa shape index (κ3) is 3.38. The van der Waals surface area contributed by atoms with Crippen LogP contribution in [-0.4, -0.2) is 32.1 Å². The molecular weight excluding hydrogens is 343 g/mol. The molecule has 2 aromatic rings. The summed E-state index contributed by atoms with van der Waals surface area (Å²) in [5.41, 5.74) is 7.96. The number of anilines is 1. The molecule has 0 saturated carbocycles. The van der Waals surface area contributed by atoms with Crippen LogP contribution >= 0.6 is 34.5 Å². The lowest BCUT2D eigenvalue weighted by Gasteiger charge is -2.12. The number of nitrogen functional groups attached to an aromatic ring is 1. The van der Waals surface area contributed by atoms with Crippen LogP contribution in [0.15, 0.2) is 18.2 Å². The van der Waals surface area contributed by atoms with Crippen LogP contribution < -0.4 is 5.73 Å². The number of methoxy groups -OCH3 is 1. The minimum Gasteiger partial charge on any atom is -0.465 e. The molecule has 0 spiro atoms. The quantitative estimate of drug-likeness (QED) is 0.834. The van der Waals surface area contributed by atoms with E-state index in [0.717, 1.165) is 16.0 Å². The first-order valence-electron chi connectivity index (χ1n) is 6.44. The van der Waals surface area contributed by atoms with E-state index in [9.17, 15) is 4.79 Å². The molecule has 2 rings (SSSR count). The van der Waals surface area contributed by atoms with Crippen LogP contribution in [-0.2, 0) is 11.3 Å². The van der Waals surface area contributed by atoms with Gasteiger partial charge >= 0.3 is 5.97 Å². The normalized spacial score (nSPS) is 11.0. The number of benzene rings is 1. The minimum absolute atomic E-state index is 0.378. The summed E-state index contributed by atoms with van der Waals surface area (Å²) in [6.45, 7) is 0.654. The smallest absolute Gasteiger partial charge is 0.341 e. The number of nitrogens with zero attached hydrogens (tertiary/aromatic N) is 1. The van der Waals surface area contributed by atoms with E-state index < -0.39 is 5.97 Å². The van der Waals surface area contributed by atoms with Crippen molar-refractivity contribution in [1.29, 1.82) is 0 Å². The Labute approximate surface area is 143 Å². The molecule has 0 saturated heterocycles. The van der Waals surface area contributed by atoms with Crippen LogP contribution in [0, 0.1) is 0 Å². The second-order valence-corrected chi connectivity index (χ2v) is 6.95. The minimum atomic E-state index is -0.458. The van der Waals surface area contributed by atoms with E-state index in [1.54, 1.807) is 12.1 Å². The number of hydrogen-bond acceptors (Lipinski definition) is 5. The van der Waals surface area contributed by atoms with Gasteiger partial charge in [0.15, 0.2) is 0 Å². The predicted octanol–water partition coefficient (Wildman–Crippen LogP) is 4.15. The first-order chi connectivity index (χ1) is 10.3. The summed E-state index contributed by atoms with van der Waals surface area (Å²) in [4.78, 5) is 15.1. The average Bonchev–Trinajstić information content (AvgIpc) is 2.76. The van der Waals surface area contributed by atoms with Gasteiger partial charge in [-0.2, -0.15) is 0 Å². The highest BCUT2D eigenvalue weighted by molar-refractivity contribution is 7.17. The molecule has 1 aromatic heterocycles. The number of rotatable bonds is 4. The summed E-state index contributed by atoms with van der Waals surface area (Å²) in [6.07, 6.45) is 0. The maximum Gasteiger partial charge on any atom is 0.341 e. The van der Waals surface area contributed by atoms with Crippen LogP contribution in [0.4, 0.5) is 5.00 Å². The number of halogens is 2. The van der Waals surface area contributed by atoms with E-state index in [1.807, 2.05) is 25.1 Å². The molecule has 0 unspecified atom stereocenters. The zero-order chi connectivity index (χ0) is 16.4. The van der Waals surface area contributed by atoms with Crippen molar-refractivity contribution in [3.63, 3.8) is 0 Å². The molecule has 0 bridgehead atoms. The summed E-state index contributed by atoms with van der Waals surface area (Å²) in [6, 6.07) is 5.26. The molecule has 0 aliphatic rings. The Bertz CT molecular complexity index is 714. The van der Waals surface area contributed by atoms with E-state index in [4.69, 9.17) is 33.7 Å². The Morgan fingerprint density at radius 1 is 1.32 bits per heavy atom. The second-order valence-electron chi connectivity index (χ2n) is 5.00. The number of esters is 1. The van der Waals surface area contributed by atoms with Gasteiger partial charge in [0.2, 0.25) is 0 Å². The van der Waals surface area contributed by atoms with Gasteiger partial charge in [-0.1, -0.05) is 29.3 Å². The molecule has 1 aromatic carbocycles. The van der Waals surface area contributed by atoms with Crippen LogP contribution in [0.5, 0.6) is 0 Å². The van der Waals surface area contributed by atoms with Crippen molar-refractivity contribution in [2.75, 3.05) is 26.9 Å². The van der Waals surface area contributed by atoms with Gasteiger partial charge in [-0.25, -0.2) is 4.79 Å². The van der Waals surface area contributed by atoms with Gasteiger partial charge in [0, 0.05) is 17.0 Å². The van der Waals surface area contributed by atoms with E-state index in [0.29, 0.717) is 27.2 Å². The summed E-state index contributed by atoms with van der Waals surface area (Å²) >= 11 is 13.5. The van der Waals surface area contributed by atoms with Crippen molar-refractivity contribution in [2.45, 2.75) is 6.54 Å². The Morgan fingerprint density at radius 3 is 2.55 bits per heavy atom. The van der Waals surface area contributed by atoms with Gasteiger partial charge in [0.05, 0.1) is 17.2 Å². The van der Waals surface area contributed by atoms with Crippen LogP contribution in [0.1, 0.15) is 15.2 Å². The van der Waals surface area contributed by atoms with Gasteiger partial charge in [-0.05, 0) is 31.8 Å². The Hall–Kier alpha value is -1.27. The van der Waals surface area contributed by atoms with E-state index in [2.05, 4.69) is 0 Å². The van der Waals surface area contributed by atoms with Crippen LogP contribution in [0.2, 0.25) is 10.0 Å². The summed E-state index contributed by atoms with van der Waals surface area (Å²) in [5.74, 6) is -0.458. The molecule has 118 valence electrons. The number of carbonyl (C=O) groups is 1. The monoisotopic (exact) mass is 358 g/mol. The number of thiophene rings is 1. The molecule has 1 heterocycles. The molecule has 0 aliphatic heterocycles. The Balaban J connectivity index is 2.68. The topological polar surface area (TPSA) is 55.6 Å². The lowest BCUT2D eigenvalue weighted by atomic mass is 10.0. The molecule has 7 heteroatoms. The first-order valence-corrected chi connectivity index (χ1v) is 8.02. The number of hydrogen-bond donors (Lipinski definition) is 1. The second kappa shape index (κ2) is 6.87. The zero-order valence-electron chi connectivity index (χ0n) is 12.4. The van der Waals surface area contributed by atoms with Crippen molar-refractivity contribution < 1.29 is 9.53 Å². The number of nitrogens with two attached hydrogens (primary N) is 1. The van der Waals surface area contributed by atoms with Crippen LogP contribution in [0.3, 0.4) is 0 Å². The number of carbonyl (C=O) groups excluding carboxylic acids is 1. The molecule has 0 fully saturated rings. The average molecular weight is 359 g/mol. The van der Waals surface area contributed by atoms with Gasteiger partial charge in [0.25, 0.3) is 0 Å². The van der Waals surface area contributed by atoms with Gasteiger partial charge in [-0.3, -0.25) is 0 Å². The zero-order valence-corrected chi connectivity index (χ0v) is 14.8. The molecule has 0 radical (unpaired) electrons. The standard InChI is InChI=1S/C15H16Cl2N2O2S/c1-19(2)7-11-12(8-4-5-9(16)10(17)6-8)13(14(18)22-11)15(20)21-3/h4-6H,7,18H2,1-3H3. The van der Waals surface area contributed by atoms with Crippen molar-refractivity contribution in [1.82, 2.24) is 4.90 Å². The maximum absolute atomic E-state index is 12.1. The van der Waals surface area contributed by atoms with E-state index >= 15 is 0 Å². The predicted molar refractivity (Wildman–Crippen MR) is 92.9 cm³/mol. The van der Waals surface area contributed by atoms with E-state index in [1.165, 1.54) is 18.4 Å². The maximum atomic E-state index is 12.1. The summed E-state index contributed by atoms with van der Waals surface area (Å²) in [5, 5.41) is 1.32. The fraction of sp³-hybridized carbons (Fsp3) is 0.267. The van der Waals surface area contributed by atoms with Crippen molar-refractivity contribution >= 4 is 45.5 Å². The number of ether oxygens (including phenoxy) is 1. The van der Waals surface area contributed by atoms with Gasteiger partial charge in [-0.15, -0.1) is 11.3 Å². The van der Waals surface area contributed by atoms with Crippen molar-refractivity contribution in [3.8, 4) is 11.1 Å². The third-order valence-electron chi connectivity index (χ3n) is 3.07. The molecule has 0 aliphatic carbocycles. The fourth-order valence-electron chi connectivity index (χ4n) is 2.16. The lowest BCUT2D eigenvalue weighted by Crippen LogP contribution is -2.11. The first kappa shape index (κ1) is 17.1. The molecule has 22 heavy (non-hydrogen) atoms. The summed E-state index contributed by atoms with van der Waals surface area (Å²) < 4.78 is 4.87. The highest BCUT2D eigenvalue weighted by atomic mass is 35.5. The highest BCUT2D eigenvalue weighted by Crippen LogP contribution is 2.41. The Kier molecular flexibility index (Phi) is 5.34. The molecular formula is C15H16Cl2N2O2S. The van der Waals surface area contributed by atoms with Gasteiger partial charge in [0.1, 0.15) is 10.6 Å². The van der Waals surface area contributed by atoms with Gasteiger partial charge < -0.3 is 15.4 Å².